The van der Waals surface area contributed by atoms with E-state index in [-0.39, 0.29) is 34.4 Å². The SMILES string of the molecule is CC(C)c1ccccc1C1CN(S(C)(=O)=O)CCN1C1CC2(CCN(c3ccc(C(=O)NS(=O)(=O)c4ccc(NC[C@H]5CC[C@](C)(O)CC5)c([N+](=O)[O-])c4)c(Oc4cnc5[nH]ccc5c4)c3)CC2)C1. The van der Waals surface area contributed by atoms with Gasteiger partial charge in [0, 0.05) is 80.8 Å². The second kappa shape index (κ2) is 19.0. The monoisotopic (exact) mass is 982 g/mol. The van der Waals surface area contributed by atoms with Crippen LogP contribution in [0.4, 0.5) is 17.1 Å². The van der Waals surface area contributed by atoms with Gasteiger partial charge in [0.2, 0.25) is 10.0 Å². The Morgan fingerprint density at radius 3 is 2.42 bits per heavy atom. The molecule has 4 aliphatic rings. The number of aromatic nitrogens is 2. The first-order valence-electron chi connectivity index (χ1n) is 23.9. The number of H-pyrrole nitrogens is 1. The minimum atomic E-state index is -4.60. The lowest BCUT2D eigenvalue weighted by Gasteiger charge is -2.58. The molecule has 0 radical (unpaired) electrons. The van der Waals surface area contributed by atoms with Gasteiger partial charge >= 0.3 is 0 Å². The second-order valence-corrected chi connectivity index (χ2v) is 23.9. The van der Waals surface area contributed by atoms with Crippen LogP contribution in [0.3, 0.4) is 0 Å². The van der Waals surface area contributed by atoms with Crippen LogP contribution in [0.5, 0.6) is 11.5 Å². The quantitative estimate of drug-likeness (QED) is 0.0614. The van der Waals surface area contributed by atoms with Crippen LogP contribution in [0.2, 0.25) is 0 Å². The Morgan fingerprint density at radius 2 is 1.71 bits per heavy atom. The van der Waals surface area contributed by atoms with Crippen LogP contribution in [0.1, 0.15) is 106 Å². The first-order valence-corrected chi connectivity index (χ1v) is 27.2. The Bertz CT molecular complexity index is 2950. The zero-order valence-corrected chi connectivity index (χ0v) is 41.2. The number of nitro groups is 1. The number of aromatic amines is 1. The van der Waals surface area contributed by atoms with Gasteiger partial charge in [0.05, 0.1) is 33.4 Å². The molecule has 9 rings (SSSR count). The average Bonchev–Trinajstić information content (AvgIpc) is 3.78. The van der Waals surface area contributed by atoms with Crippen molar-refractivity contribution in [3.8, 4) is 11.5 Å². The van der Waals surface area contributed by atoms with E-state index < -0.39 is 47.1 Å². The molecular formula is C50H62N8O9S2. The van der Waals surface area contributed by atoms with E-state index in [0.717, 1.165) is 68.8 Å². The topological polar surface area (TPSA) is 220 Å². The van der Waals surface area contributed by atoms with Gasteiger partial charge in [-0.25, -0.2) is 26.5 Å². The van der Waals surface area contributed by atoms with Crippen LogP contribution >= 0.6 is 0 Å². The van der Waals surface area contributed by atoms with Gasteiger partial charge in [-0.3, -0.25) is 19.8 Å². The molecule has 4 heterocycles. The summed E-state index contributed by atoms with van der Waals surface area (Å²) in [5.41, 5.74) is 2.96. The zero-order chi connectivity index (χ0) is 48.9. The smallest absolute Gasteiger partial charge is 0.293 e. The van der Waals surface area contributed by atoms with Gasteiger partial charge in [0.15, 0.2) is 0 Å². The number of nitrogens with one attached hydrogen (secondary N) is 3. The van der Waals surface area contributed by atoms with E-state index >= 15 is 0 Å². The number of hydrogen-bond donors (Lipinski definition) is 4. The molecule has 3 aromatic carbocycles. The molecule has 2 aliphatic heterocycles. The molecule has 4 fully saturated rings. The number of piperidine rings is 1. The maximum atomic E-state index is 14.0. The lowest BCUT2D eigenvalue weighted by atomic mass is 9.59. The fraction of sp³-hybridized carbons (Fsp3) is 0.480. The molecule has 4 N–H and O–H groups in total. The molecular weight excluding hydrogens is 921 g/mol. The van der Waals surface area contributed by atoms with Crippen molar-refractivity contribution >= 4 is 54.0 Å². The van der Waals surface area contributed by atoms with E-state index in [1.54, 1.807) is 35.6 Å². The van der Waals surface area contributed by atoms with Crippen molar-refractivity contribution in [1.82, 2.24) is 23.9 Å². The molecule has 2 saturated carbocycles. The van der Waals surface area contributed by atoms with Crippen molar-refractivity contribution in [3.63, 3.8) is 0 Å². The van der Waals surface area contributed by atoms with Gasteiger partial charge in [-0.2, -0.15) is 4.31 Å². The number of hydrogen-bond acceptors (Lipinski definition) is 13. The molecule has 1 spiro atoms. The highest BCUT2D eigenvalue weighted by molar-refractivity contribution is 7.90. The van der Waals surface area contributed by atoms with Crippen molar-refractivity contribution in [1.29, 1.82) is 0 Å². The average molecular weight is 983 g/mol. The Morgan fingerprint density at radius 1 is 0.971 bits per heavy atom. The summed E-state index contributed by atoms with van der Waals surface area (Å²) in [5, 5.41) is 26.4. The number of carbonyl (C=O) groups is 1. The van der Waals surface area contributed by atoms with Gasteiger partial charge in [-0.15, -0.1) is 0 Å². The lowest BCUT2D eigenvalue weighted by Crippen LogP contribution is -2.60. The summed E-state index contributed by atoms with van der Waals surface area (Å²) in [6.45, 7) is 9.65. The summed E-state index contributed by atoms with van der Waals surface area (Å²) in [6, 6.07) is 20.9. The van der Waals surface area contributed by atoms with Crippen molar-refractivity contribution in [2.24, 2.45) is 11.3 Å². The van der Waals surface area contributed by atoms with Crippen LogP contribution < -0.4 is 19.7 Å². The van der Waals surface area contributed by atoms with Crippen LogP contribution in [-0.4, -0.2) is 109 Å². The largest absolute Gasteiger partial charge is 0.455 e. The highest BCUT2D eigenvalue weighted by atomic mass is 32.2. The number of pyridine rings is 1. The van der Waals surface area contributed by atoms with Crippen molar-refractivity contribution in [3.05, 3.63) is 112 Å². The number of rotatable bonds is 14. The molecule has 2 aliphatic carbocycles. The van der Waals surface area contributed by atoms with E-state index in [1.165, 1.54) is 41.8 Å². The number of aliphatic hydroxyl groups is 1. The Hall–Kier alpha value is -5.60. The third-order valence-electron chi connectivity index (χ3n) is 15.1. The fourth-order valence-corrected chi connectivity index (χ4v) is 12.8. The summed E-state index contributed by atoms with van der Waals surface area (Å²) < 4.78 is 63.2. The number of sulfonamides is 2. The molecule has 69 heavy (non-hydrogen) atoms. The second-order valence-electron chi connectivity index (χ2n) is 20.3. The van der Waals surface area contributed by atoms with Gasteiger partial charge in [-0.1, -0.05) is 38.1 Å². The number of benzene rings is 3. The molecule has 17 nitrogen and oxygen atoms in total. The van der Waals surface area contributed by atoms with Crippen LogP contribution in [0, 0.1) is 21.4 Å². The number of fused-ring (bicyclic) bond motifs is 1. The maximum Gasteiger partial charge on any atom is 0.293 e. The zero-order valence-electron chi connectivity index (χ0n) is 39.6. The highest BCUT2D eigenvalue weighted by Gasteiger charge is 2.50. The van der Waals surface area contributed by atoms with Crippen LogP contribution in [0.25, 0.3) is 11.0 Å². The van der Waals surface area contributed by atoms with Crippen molar-refractivity contribution in [2.75, 3.05) is 55.7 Å². The summed E-state index contributed by atoms with van der Waals surface area (Å²) in [7, 11) is -7.95. The standard InChI is InChI=1S/C50H62N8O9S2/c1-33(2)40-7-5-6-8-41(40)45-32-56(68(4,63)64)23-24-57(45)37-28-50(29-37)18-21-55(22-19-50)36-9-11-42(46(26-36)67-38-25-35-15-20-51-47(35)53-31-38)48(59)54-69(65,66)39-10-12-43(44(27-39)58(61)62)52-30-34-13-16-49(3,60)17-14-34/h5-12,15,20,25-27,31,33-34,37,45,52,60H,13-14,16-19,21-24,28-30,32H2,1-4H3,(H,51,53)(H,54,59)/t34-,45?,49-. The number of nitrogens with zero attached hydrogens (tertiary/aromatic N) is 5. The predicted octanol–water partition coefficient (Wildman–Crippen LogP) is 7.93. The Labute approximate surface area is 403 Å². The Balaban J connectivity index is 0.903. The third kappa shape index (κ3) is 10.5. The molecule has 368 valence electrons. The summed E-state index contributed by atoms with van der Waals surface area (Å²) in [4.78, 5) is 37.4. The molecule has 2 aromatic heterocycles. The van der Waals surface area contributed by atoms with E-state index in [4.69, 9.17) is 4.74 Å². The molecule has 19 heteroatoms. The predicted molar refractivity (Wildman–Crippen MR) is 265 cm³/mol. The van der Waals surface area contributed by atoms with Gasteiger partial charge in [-0.05, 0) is 123 Å². The number of nitro benzene ring substituents is 1. The summed E-state index contributed by atoms with van der Waals surface area (Å²) >= 11 is 0. The molecule has 1 unspecified atom stereocenters. The number of anilines is 2. The summed E-state index contributed by atoms with van der Waals surface area (Å²) in [5.74, 6) is -0.0493. The molecule has 0 bridgehead atoms. The van der Waals surface area contributed by atoms with E-state index in [1.807, 2.05) is 12.1 Å². The van der Waals surface area contributed by atoms with Crippen molar-refractivity contribution in [2.45, 2.75) is 101 Å². The Kier molecular flexibility index (Phi) is 13.3. The number of amides is 1. The fourth-order valence-electron chi connectivity index (χ4n) is 11.0. The van der Waals surface area contributed by atoms with Gasteiger partial charge in [0.1, 0.15) is 22.8 Å². The van der Waals surface area contributed by atoms with Crippen LogP contribution in [0.15, 0.2) is 90.1 Å². The van der Waals surface area contributed by atoms with Gasteiger partial charge in [0.25, 0.3) is 21.6 Å². The molecule has 5 aromatic rings. The minimum Gasteiger partial charge on any atom is -0.455 e. The van der Waals surface area contributed by atoms with Crippen LogP contribution in [-0.2, 0) is 20.0 Å². The molecule has 1 atom stereocenters. The van der Waals surface area contributed by atoms with E-state index in [9.17, 15) is 36.9 Å². The minimum absolute atomic E-state index is 0.0363. The van der Waals surface area contributed by atoms with Gasteiger partial charge < -0.3 is 25.0 Å². The van der Waals surface area contributed by atoms with Crippen molar-refractivity contribution < 1.29 is 36.4 Å². The molecule has 2 saturated heterocycles. The summed E-state index contributed by atoms with van der Waals surface area (Å²) in [6.07, 6.45) is 11.2. The van der Waals surface area contributed by atoms with E-state index in [0.29, 0.717) is 62.4 Å². The third-order valence-corrected chi connectivity index (χ3v) is 17.7. The first-order chi connectivity index (χ1) is 32.8. The first kappa shape index (κ1) is 48.4. The normalized spacial score (nSPS) is 22.7. The number of piperazine rings is 1. The maximum absolute atomic E-state index is 14.0. The number of carbonyl (C=O) groups excluding carboxylic acids is 1. The lowest BCUT2D eigenvalue weighted by molar-refractivity contribution is -0.384. The molecule has 1 amide bonds. The highest BCUT2D eigenvalue weighted by Crippen LogP contribution is 2.53. The number of ether oxygens (including phenoxy) is 1. The van der Waals surface area contributed by atoms with E-state index in [2.05, 4.69) is 61.9 Å².